The van der Waals surface area contributed by atoms with Crippen molar-refractivity contribution in [1.29, 1.82) is 0 Å². The summed E-state index contributed by atoms with van der Waals surface area (Å²) in [5.74, 6) is 0. The van der Waals surface area contributed by atoms with E-state index in [1.165, 1.54) is 13.3 Å². The Morgan fingerprint density at radius 3 is 2.60 bits per heavy atom. The van der Waals surface area contributed by atoms with Crippen molar-refractivity contribution in [3.8, 4) is 5.06 Å². The number of thiazole rings is 1. The summed E-state index contributed by atoms with van der Waals surface area (Å²) in [5.41, 5.74) is -2.27. The van der Waals surface area contributed by atoms with Crippen molar-refractivity contribution in [2.75, 3.05) is 32.6 Å². The zero-order valence-electron chi connectivity index (χ0n) is 10.7. The first-order valence-electron chi connectivity index (χ1n) is 5.49. The number of methoxy groups -OCH3 is 2. The number of nitrogens with zero attached hydrogens (tertiary/aromatic N) is 2. The van der Waals surface area contributed by atoms with Gasteiger partial charge in [-0.15, -0.1) is 0 Å². The first kappa shape index (κ1) is 14.9. The monoisotopic (exact) mass is 311 g/mol. The molecule has 0 atom stereocenters. The molecular formula is C10H12F3N3O3S. The Labute approximate surface area is 116 Å². The van der Waals surface area contributed by atoms with Crippen LogP contribution in [-0.4, -0.2) is 55.0 Å². The van der Waals surface area contributed by atoms with Gasteiger partial charge in [0.2, 0.25) is 0 Å². The molecule has 0 bridgehead atoms. The van der Waals surface area contributed by atoms with E-state index in [1.807, 2.05) is 0 Å². The van der Waals surface area contributed by atoms with Crippen LogP contribution in [0.2, 0.25) is 0 Å². The van der Waals surface area contributed by atoms with E-state index in [0.717, 1.165) is 23.3 Å². The molecule has 2 amide bonds. The van der Waals surface area contributed by atoms with Crippen LogP contribution in [0.5, 0.6) is 5.06 Å². The summed E-state index contributed by atoms with van der Waals surface area (Å²) in [7, 11) is 2.43. The summed E-state index contributed by atoms with van der Waals surface area (Å²) in [5, 5.41) is 3.15. The number of amides is 2. The van der Waals surface area contributed by atoms with Gasteiger partial charge in [-0.25, -0.2) is 9.78 Å². The molecule has 0 aliphatic carbocycles. The van der Waals surface area contributed by atoms with Gasteiger partial charge in [-0.05, 0) is 0 Å². The van der Waals surface area contributed by atoms with Crippen molar-refractivity contribution in [2.45, 2.75) is 11.8 Å². The molecule has 1 aromatic rings. The Kier molecular flexibility index (Phi) is 3.78. The van der Waals surface area contributed by atoms with Crippen LogP contribution in [0.3, 0.4) is 0 Å². The van der Waals surface area contributed by atoms with E-state index in [-0.39, 0.29) is 5.13 Å². The number of alkyl halides is 3. The minimum absolute atomic E-state index is 0.258. The lowest BCUT2D eigenvalue weighted by Gasteiger charge is -2.48. The number of nitrogens with one attached hydrogen (secondary N) is 1. The lowest BCUT2D eigenvalue weighted by Crippen LogP contribution is -2.71. The number of ether oxygens (including phenoxy) is 2. The normalized spacial score (nSPS) is 17.6. The predicted octanol–water partition coefficient (Wildman–Crippen LogP) is 1.95. The average Bonchev–Trinajstić information content (AvgIpc) is 2.74. The van der Waals surface area contributed by atoms with E-state index in [2.05, 4.69) is 15.0 Å². The number of urea groups is 1. The number of aromatic nitrogens is 1. The molecule has 1 N–H and O–H groups in total. The Bertz CT molecular complexity index is 499. The third-order valence-electron chi connectivity index (χ3n) is 2.99. The quantitative estimate of drug-likeness (QED) is 0.926. The number of rotatable bonds is 3. The van der Waals surface area contributed by atoms with Gasteiger partial charge in [0.05, 0.1) is 26.4 Å². The summed E-state index contributed by atoms with van der Waals surface area (Å²) < 4.78 is 47.7. The number of anilines is 1. The van der Waals surface area contributed by atoms with E-state index in [0.29, 0.717) is 5.06 Å². The molecule has 0 radical (unpaired) electrons. The summed E-state index contributed by atoms with van der Waals surface area (Å²) in [4.78, 5) is 16.6. The van der Waals surface area contributed by atoms with Crippen molar-refractivity contribution in [3.05, 3.63) is 6.20 Å². The van der Waals surface area contributed by atoms with Gasteiger partial charge in [0.15, 0.2) is 15.8 Å². The molecule has 20 heavy (non-hydrogen) atoms. The molecule has 0 saturated carbocycles. The summed E-state index contributed by atoms with van der Waals surface area (Å²) in [6.45, 7) is -1.08. The van der Waals surface area contributed by atoms with E-state index >= 15 is 0 Å². The van der Waals surface area contributed by atoms with Gasteiger partial charge < -0.3 is 14.4 Å². The maximum absolute atomic E-state index is 12.8. The van der Waals surface area contributed by atoms with Crippen molar-refractivity contribution >= 4 is 22.5 Å². The van der Waals surface area contributed by atoms with Gasteiger partial charge >= 0.3 is 12.2 Å². The Morgan fingerprint density at radius 2 is 2.15 bits per heavy atom. The second kappa shape index (κ2) is 5.09. The Morgan fingerprint density at radius 1 is 1.50 bits per heavy atom. The third kappa shape index (κ3) is 2.52. The minimum atomic E-state index is -4.51. The van der Waals surface area contributed by atoms with Gasteiger partial charge in [0, 0.05) is 7.11 Å². The maximum atomic E-state index is 12.8. The van der Waals surface area contributed by atoms with Gasteiger partial charge in [0.25, 0.3) is 0 Å². The van der Waals surface area contributed by atoms with Crippen molar-refractivity contribution in [3.63, 3.8) is 0 Å². The zero-order valence-corrected chi connectivity index (χ0v) is 11.5. The Hall–Kier alpha value is -1.55. The van der Waals surface area contributed by atoms with Crippen LogP contribution in [0.15, 0.2) is 6.20 Å². The fourth-order valence-corrected chi connectivity index (χ4v) is 2.34. The molecular weight excluding hydrogens is 299 g/mol. The summed E-state index contributed by atoms with van der Waals surface area (Å²) >= 11 is 1.08. The molecule has 2 heterocycles. The van der Waals surface area contributed by atoms with Crippen LogP contribution in [0.25, 0.3) is 0 Å². The number of carbonyl (C=O) groups excluding carboxylic acids is 1. The SMILES string of the molecule is COc1cnc(NC(=O)N2CC(OC)(C(F)(F)F)C2)s1. The first-order chi connectivity index (χ1) is 9.31. The van der Waals surface area contributed by atoms with Gasteiger partial charge in [-0.3, -0.25) is 5.32 Å². The number of halogens is 3. The highest BCUT2D eigenvalue weighted by molar-refractivity contribution is 7.17. The second-order valence-corrected chi connectivity index (χ2v) is 5.16. The van der Waals surface area contributed by atoms with Crippen molar-refractivity contribution < 1.29 is 27.4 Å². The highest BCUT2D eigenvalue weighted by atomic mass is 32.1. The molecule has 1 saturated heterocycles. The van der Waals surface area contributed by atoms with Crippen molar-refractivity contribution in [2.24, 2.45) is 0 Å². The lowest BCUT2D eigenvalue weighted by atomic mass is 9.93. The number of carbonyl (C=O) groups is 1. The van der Waals surface area contributed by atoms with Crippen LogP contribution in [0.4, 0.5) is 23.1 Å². The smallest absolute Gasteiger partial charge is 0.420 e. The second-order valence-electron chi connectivity index (χ2n) is 4.17. The van der Waals surface area contributed by atoms with E-state index < -0.39 is 30.9 Å². The van der Waals surface area contributed by atoms with Gasteiger partial charge in [0.1, 0.15) is 0 Å². The van der Waals surface area contributed by atoms with Crippen LogP contribution >= 0.6 is 11.3 Å². The van der Waals surface area contributed by atoms with Gasteiger partial charge in [-0.2, -0.15) is 13.2 Å². The fraction of sp³-hybridized carbons (Fsp3) is 0.600. The Balaban J connectivity index is 1.93. The lowest BCUT2D eigenvalue weighted by molar-refractivity contribution is -0.303. The van der Waals surface area contributed by atoms with E-state index in [4.69, 9.17) is 4.74 Å². The van der Waals surface area contributed by atoms with Crippen LogP contribution in [0, 0.1) is 0 Å². The summed E-state index contributed by atoms with van der Waals surface area (Å²) in [6.07, 6.45) is -3.10. The molecule has 6 nitrogen and oxygen atoms in total. The molecule has 1 aliphatic heterocycles. The standard InChI is InChI=1S/C10H12F3N3O3S/c1-18-6-3-14-7(20-6)15-8(17)16-4-9(5-16,19-2)10(11,12)13/h3H,4-5H2,1-2H3,(H,14,15,17). The molecule has 10 heteroatoms. The number of hydrogen-bond acceptors (Lipinski definition) is 5. The highest BCUT2D eigenvalue weighted by Gasteiger charge is 2.63. The van der Waals surface area contributed by atoms with E-state index in [9.17, 15) is 18.0 Å². The van der Waals surface area contributed by atoms with E-state index in [1.54, 1.807) is 0 Å². The molecule has 1 fully saturated rings. The molecule has 0 spiro atoms. The first-order valence-corrected chi connectivity index (χ1v) is 6.30. The van der Waals surface area contributed by atoms with Crippen molar-refractivity contribution in [1.82, 2.24) is 9.88 Å². The van der Waals surface area contributed by atoms with Crippen LogP contribution < -0.4 is 10.1 Å². The highest BCUT2D eigenvalue weighted by Crippen LogP contribution is 2.40. The third-order valence-corrected chi connectivity index (χ3v) is 3.86. The molecule has 1 aliphatic rings. The maximum Gasteiger partial charge on any atom is 0.420 e. The minimum Gasteiger partial charge on any atom is -0.486 e. The van der Waals surface area contributed by atoms with Crippen LogP contribution in [-0.2, 0) is 4.74 Å². The largest absolute Gasteiger partial charge is 0.486 e. The molecule has 1 aromatic heterocycles. The molecule has 112 valence electrons. The topological polar surface area (TPSA) is 63.7 Å². The average molecular weight is 311 g/mol. The summed E-state index contributed by atoms with van der Waals surface area (Å²) in [6, 6.07) is -0.654. The fourth-order valence-electron chi connectivity index (χ4n) is 1.72. The predicted molar refractivity (Wildman–Crippen MR) is 65.1 cm³/mol. The number of likely N-dealkylation sites (tertiary alicyclic amines) is 1. The zero-order chi connectivity index (χ0) is 15.0. The number of hydrogen-bond donors (Lipinski definition) is 1. The molecule has 2 rings (SSSR count). The van der Waals surface area contributed by atoms with Crippen LogP contribution in [0.1, 0.15) is 0 Å². The molecule has 0 aromatic carbocycles. The van der Waals surface area contributed by atoms with Gasteiger partial charge in [-0.1, -0.05) is 11.3 Å². The molecule has 0 unspecified atom stereocenters.